The molecule has 0 bridgehead atoms. The van der Waals surface area contributed by atoms with Crippen molar-refractivity contribution in [2.75, 3.05) is 11.4 Å². The van der Waals surface area contributed by atoms with E-state index >= 15 is 0 Å². The molecule has 1 atom stereocenters. The van der Waals surface area contributed by atoms with Crippen molar-refractivity contribution in [3.63, 3.8) is 0 Å². The first kappa shape index (κ1) is 28.1. The zero-order valence-electron chi connectivity index (χ0n) is 21.0. The second kappa shape index (κ2) is 11.6. The summed E-state index contributed by atoms with van der Waals surface area (Å²) < 4.78 is 75.9. The van der Waals surface area contributed by atoms with Gasteiger partial charge in [0.05, 0.1) is 6.54 Å². The maximum atomic E-state index is 14.3. The third-order valence-electron chi connectivity index (χ3n) is 7.24. The van der Waals surface area contributed by atoms with Crippen LogP contribution < -0.4 is 4.90 Å². The molecule has 0 radical (unpaired) electrons. The van der Waals surface area contributed by atoms with E-state index in [1.807, 2.05) is 24.3 Å². The molecule has 0 unspecified atom stereocenters. The molecule has 1 aliphatic heterocycles. The zero-order chi connectivity index (χ0) is 28.6. The van der Waals surface area contributed by atoms with Gasteiger partial charge in [-0.25, -0.2) is 31.1 Å². The monoisotopic (exact) mass is 581 g/mol. The molecule has 1 amide bonds. The predicted octanol–water partition coefficient (Wildman–Crippen LogP) is 6.43. The lowest BCUT2D eigenvalue weighted by molar-refractivity contribution is -0.125. The molecule has 2 fully saturated rings. The Kier molecular flexibility index (Phi) is 8.13. The molecule has 13 heteroatoms. The highest BCUT2D eigenvalue weighted by Gasteiger charge is 2.41. The van der Waals surface area contributed by atoms with Gasteiger partial charge in [-0.2, -0.15) is 4.98 Å². The molecule has 1 aromatic heterocycles. The van der Waals surface area contributed by atoms with Crippen molar-refractivity contribution >= 4 is 29.8 Å². The number of carboxylic acids is 1. The van der Waals surface area contributed by atoms with Crippen LogP contribution in [0.5, 0.6) is 0 Å². The number of aromatic carboxylic acids is 1. The molecule has 3 aromatic rings. The third-order valence-corrected chi connectivity index (χ3v) is 8.45. The van der Waals surface area contributed by atoms with Gasteiger partial charge in [0.15, 0.2) is 29.0 Å². The first-order valence-electron chi connectivity index (χ1n) is 12.7. The van der Waals surface area contributed by atoms with E-state index in [4.69, 9.17) is 4.42 Å². The van der Waals surface area contributed by atoms with E-state index in [9.17, 15) is 36.6 Å². The Balaban J connectivity index is 1.38. The number of carbonyl (C=O) groups is 2. The third kappa shape index (κ3) is 5.44. The molecule has 2 aromatic carbocycles. The van der Waals surface area contributed by atoms with Gasteiger partial charge in [0.2, 0.25) is 11.7 Å². The van der Waals surface area contributed by atoms with E-state index in [1.54, 1.807) is 0 Å². The molecule has 1 saturated heterocycles. The fourth-order valence-electron chi connectivity index (χ4n) is 4.92. The minimum absolute atomic E-state index is 0.0547. The van der Waals surface area contributed by atoms with Gasteiger partial charge >= 0.3 is 12.0 Å². The largest absolute Gasteiger partial charge is 0.476 e. The van der Waals surface area contributed by atoms with Crippen molar-refractivity contribution in [1.82, 2.24) is 9.29 Å². The standard InChI is InChI=1S/C27H24F5N3O4S/c28-19-20(29)22(31)24(23(32)21(19)30)40-35-11-10-18(35)25(36)34(27-33-17(13-39-27)26(37)38)12-14-6-8-16(9-7-14)15-4-2-1-3-5-15/h6-9,13,15,18H,1-5,10-12H2,(H,37,38)/t18-/m1/s1. The van der Waals surface area contributed by atoms with Crippen molar-refractivity contribution in [1.29, 1.82) is 0 Å². The van der Waals surface area contributed by atoms with Crippen LogP contribution >= 0.6 is 11.9 Å². The number of hydrogen-bond donors (Lipinski definition) is 1. The van der Waals surface area contributed by atoms with E-state index in [2.05, 4.69) is 4.98 Å². The van der Waals surface area contributed by atoms with Gasteiger partial charge < -0.3 is 9.52 Å². The van der Waals surface area contributed by atoms with Crippen LogP contribution in [0.2, 0.25) is 0 Å². The van der Waals surface area contributed by atoms with Gasteiger partial charge in [-0.15, -0.1) is 0 Å². The van der Waals surface area contributed by atoms with Crippen LogP contribution in [-0.2, 0) is 11.3 Å². The maximum Gasteiger partial charge on any atom is 0.357 e. The molecule has 1 aliphatic carbocycles. The van der Waals surface area contributed by atoms with E-state index in [0.29, 0.717) is 11.5 Å². The van der Waals surface area contributed by atoms with Crippen LogP contribution in [0.3, 0.4) is 0 Å². The number of rotatable bonds is 8. The van der Waals surface area contributed by atoms with Crippen LogP contribution in [0.25, 0.3) is 0 Å². The molecule has 2 heterocycles. The average Bonchev–Trinajstić information content (AvgIpc) is 3.44. The Bertz CT molecular complexity index is 1400. The number of anilines is 1. The molecule has 0 spiro atoms. The summed E-state index contributed by atoms with van der Waals surface area (Å²) in [7, 11) is 0. The van der Waals surface area contributed by atoms with Gasteiger partial charge in [-0.3, -0.25) is 9.69 Å². The summed E-state index contributed by atoms with van der Waals surface area (Å²) in [5, 5.41) is 9.26. The zero-order valence-corrected chi connectivity index (χ0v) is 21.8. The number of amides is 1. The normalized spacial score (nSPS) is 18.0. The molecule has 5 rings (SSSR count). The summed E-state index contributed by atoms with van der Waals surface area (Å²) in [6.07, 6.45) is 6.88. The summed E-state index contributed by atoms with van der Waals surface area (Å²) in [5.41, 5.74) is 1.46. The number of hydrogen-bond acceptors (Lipinski definition) is 6. The Hall–Kier alpha value is -3.45. The molecular formula is C27H24F5N3O4S. The van der Waals surface area contributed by atoms with Crippen LogP contribution in [-0.4, -0.2) is 38.9 Å². The van der Waals surface area contributed by atoms with Gasteiger partial charge in [0.25, 0.3) is 0 Å². The Morgan fingerprint density at radius 3 is 2.12 bits per heavy atom. The highest BCUT2D eigenvalue weighted by molar-refractivity contribution is 7.97. The van der Waals surface area contributed by atoms with Crippen LogP contribution in [0.15, 0.2) is 39.8 Å². The lowest BCUT2D eigenvalue weighted by Crippen LogP contribution is -2.54. The van der Waals surface area contributed by atoms with Crippen LogP contribution in [0.4, 0.5) is 28.0 Å². The predicted molar refractivity (Wildman–Crippen MR) is 134 cm³/mol. The fraction of sp³-hybridized carbons (Fsp3) is 0.370. The fourth-order valence-corrected chi connectivity index (χ4v) is 6.02. The summed E-state index contributed by atoms with van der Waals surface area (Å²) >= 11 is 0.248. The molecule has 7 nitrogen and oxygen atoms in total. The van der Waals surface area contributed by atoms with Crippen LogP contribution in [0, 0.1) is 29.1 Å². The number of nitrogens with zero attached hydrogens (tertiary/aromatic N) is 3. The van der Waals surface area contributed by atoms with Crippen LogP contribution in [0.1, 0.15) is 66.1 Å². The first-order valence-corrected chi connectivity index (χ1v) is 13.5. The minimum atomic E-state index is -2.27. The number of carbonyl (C=O) groups excluding carboxylic acids is 1. The summed E-state index contributed by atoms with van der Waals surface area (Å²) in [6.45, 7) is 0.0668. The van der Waals surface area contributed by atoms with Gasteiger partial charge in [0.1, 0.15) is 17.2 Å². The highest BCUT2D eigenvalue weighted by atomic mass is 32.2. The number of aromatic nitrogens is 1. The van der Waals surface area contributed by atoms with Crippen molar-refractivity contribution in [2.24, 2.45) is 0 Å². The van der Waals surface area contributed by atoms with E-state index in [1.165, 1.54) is 29.1 Å². The molecule has 1 N–H and O–H groups in total. The van der Waals surface area contributed by atoms with Gasteiger partial charge in [0, 0.05) is 6.54 Å². The Morgan fingerprint density at radius 2 is 1.57 bits per heavy atom. The molecule has 212 valence electrons. The summed E-state index contributed by atoms with van der Waals surface area (Å²) in [5.74, 6) is -12.0. The average molecular weight is 582 g/mol. The van der Waals surface area contributed by atoms with Crippen molar-refractivity contribution in [3.8, 4) is 0 Å². The van der Waals surface area contributed by atoms with E-state index in [0.717, 1.165) is 24.0 Å². The Morgan fingerprint density at radius 1 is 0.950 bits per heavy atom. The Labute approximate surface area is 230 Å². The van der Waals surface area contributed by atoms with E-state index < -0.39 is 57.6 Å². The van der Waals surface area contributed by atoms with Crippen molar-refractivity contribution < 1.29 is 41.1 Å². The van der Waals surface area contributed by atoms with Crippen molar-refractivity contribution in [3.05, 3.63) is 76.4 Å². The SMILES string of the molecule is O=C(O)c1coc(N(Cc2ccc(C3CCCCC3)cc2)C(=O)[C@H]2CCN2Sc2c(F)c(F)c(F)c(F)c2F)n1. The second-order valence-electron chi connectivity index (χ2n) is 9.76. The number of oxazole rings is 1. The van der Waals surface area contributed by atoms with Gasteiger partial charge in [-0.1, -0.05) is 43.5 Å². The molecular weight excluding hydrogens is 557 g/mol. The highest BCUT2D eigenvalue weighted by Crippen LogP contribution is 2.39. The minimum Gasteiger partial charge on any atom is -0.476 e. The lowest BCUT2D eigenvalue weighted by Gasteiger charge is -2.40. The number of halogens is 5. The molecule has 40 heavy (non-hydrogen) atoms. The summed E-state index contributed by atoms with van der Waals surface area (Å²) in [6, 6.07) is 6.36. The van der Waals surface area contributed by atoms with Gasteiger partial charge in [-0.05, 0) is 48.3 Å². The molecule has 2 aliphatic rings. The first-order chi connectivity index (χ1) is 19.2. The number of carboxylic acid groups (broad SMARTS) is 1. The number of benzene rings is 2. The quantitative estimate of drug-likeness (QED) is 0.142. The second-order valence-corrected chi connectivity index (χ2v) is 10.8. The lowest BCUT2D eigenvalue weighted by atomic mass is 9.84. The maximum absolute atomic E-state index is 14.3. The topological polar surface area (TPSA) is 86.9 Å². The van der Waals surface area contributed by atoms with E-state index in [-0.39, 0.29) is 37.5 Å². The molecule has 1 saturated carbocycles. The van der Waals surface area contributed by atoms with Crippen molar-refractivity contribution in [2.45, 2.75) is 61.9 Å². The smallest absolute Gasteiger partial charge is 0.357 e. The summed E-state index contributed by atoms with van der Waals surface area (Å²) in [4.78, 5) is 28.8.